The highest BCUT2D eigenvalue weighted by atomic mass is 16.5. The smallest absolute Gasteiger partial charge is 0.282 e. The zero-order valence-electron chi connectivity index (χ0n) is 14.4. The number of aromatic nitrogens is 1. The zero-order chi connectivity index (χ0) is 17.2. The zero-order valence-corrected chi connectivity index (χ0v) is 14.4. The van der Waals surface area contributed by atoms with Gasteiger partial charge < -0.3 is 10.1 Å². The topological polar surface area (TPSA) is 71.5 Å². The van der Waals surface area contributed by atoms with Gasteiger partial charge in [-0.15, -0.1) is 0 Å². The van der Waals surface area contributed by atoms with Gasteiger partial charge in [0.05, 0.1) is 0 Å². The van der Waals surface area contributed by atoms with E-state index < -0.39 is 5.60 Å². The summed E-state index contributed by atoms with van der Waals surface area (Å²) in [5.41, 5.74) is -1.54. The van der Waals surface area contributed by atoms with E-state index in [0.29, 0.717) is 18.1 Å². The molecule has 2 amide bonds. The van der Waals surface area contributed by atoms with E-state index in [0.717, 1.165) is 25.7 Å². The molecule has 0 radical (unpaired) electrons. The van der Waals surface area contributed by atoms with Crippen LogP contribution in [0.5, 0.6) is 5.75 Å². The number of carbonyl (C=O) groups is 2. The fraction of sp³-hybridized carbons (Fsp3) is 0.611. The van der Waals surface area contributed by atoms with Crippen molar-refractivity contribution in [2.75, 3.05) is 11.4 Å². The molecule has 6 nitrogen and oxygen atoms in total. The van der Waals surface area contributed by atoms with Gasteiger partial charge in [-0.05, 0) is 38.8 Å². The van der Waals surface area contributed by atoms with E-state index in [1.54, 1.807) is 25.3 Å². The van der Waals surface area contributed by atoms with Gasteiger partial charge >= 0.3 is 0 Å². The van der Waals surface area contributed by atoms with Gasteiger partial charge in [-0.3, -0.25) is 14.5 Å². The van der Waals surface area contributed by atoms with E-state index >= 15 is 0 Å². The van der Waals surface area contributed by atoms with Gasteiger partial charge in [0.25, 0.3) is 17.4 Å². The molecule has 3 rings (SSSR count). The SMILES string of the molecule is CCN1C(=O)[C@@](C)(C(=O)NC2CCCCCC2)Oc2cccnc21. The van der Waals surface area contributed by atoms with Crippen molar-refractivity contribution in [2.24, 2.45) is 0 Å². The number of likely N-dealkylation sites (N-methyl/N-ethyl adjacent to an activating group) is 1. The normalized spacial score (nSPS) is 24.8. The van der Waals surface area contributed by atoms with Crippen molar-refractivity contribution in [3.8, 4) is 5.75 Å². The molecule has 0 spiro atoms. The van der Waals surface area contributed by atoms with Crippen molar-refractivity contribution >= 4 is 17.6 Å². The third-order valence-corrected chi connectivity index (χ3v) is 4.91. The van der Waals surface area contributed by atoms with Gasteiger partial charge in [-0.1, -0.05) is 25.7 Å². The van der Waals surface area contributed by atoms with E-state index in [4.69, 9.17) is 4.74 Å². The minimum atomic E-state index is -1.54. The maximum Gasteiger partial charge on any atom is 0.282 e. The number of nitrogens with zero attached hydrogens (tertiary/aromatic N) is 2. The van der Waals surface area contributed by atoms with Crippen LogP contribution < -0.4 is 15.0 Å². The Morgan fingerprint density at radius 3 is 2.75 bits per heavy atom. The standard InChI is InChI=1S/C18H25N3O3/c1-3-21-15-14(11-8-12-19-15)24-18(2,17(21)23)16(22)20-13-9-6-4-5-7-10-13/h8,11-13H,3-7,9-10H2,1-2H3,(H,20,22)/t18-/m1/s1. The van der Waals surface area contributed by atoms with Crippen LogP contribution >= 0.6 is 0 Å². The van der Waals surface area contributed by atoms with Crippen LogP contribution in [0.25, 0.3) is 0 Å². The van der Waals surface area contributed by atoms with Crippen LogP contribution in [0.1, 0.15) is 52.4 Å². The average molecular weight is 331 g/mol. The first kappa shape index (κ1) is 16.7. The molecule has 0 unspecified atom stereocenters. The highest BCUT2D eigenvalue weighted by Gasteiger charge is 2.51. The molecule has 130 valence electrons. The monoisotopic (exact) mass is 331 g/mol. The summed E-state index contributed by atoms with van der Waals surface area (Å²) in [6, 6.07) is 3.61. The Kier molecular flexibility index (Phi) is 4.73. The Labute approximate surface area is 142 Å². The Balaban J connectivity index is 1.83. The number of hydrogen-bond acceptors (Lipinski definition) is 4. The number of hydrogen-bond donors (Lipinski definition) is 1. The number of ether oxygens (including phenoxy) is 1. The highest BCUT2D eigenvalue weighted by Crippen LogP contribution is 2.36. The summed E-state index contributed by atoms with van der Waals surface area (Å²) in [5.74, 6) is 0.233. The summed E-state index contributed by atoms with van der Waals surface area (Å²) in [7, 11) is 0. The third kappa shape index (κ3) is 2.97. The van der Waals surface area contributed by atoms with Crippen molar-refractivity contribution < 1.29 is 14.3 Å². The summed E-state index contributed by atoms with van der Waals surface area (Å²) in [6.07, 6.45) is 8.20. The minimum absolute atomic E-state index is 0.124. The lowest BCUT2D eigenvalue weighted by atomic mass is 9.99. The van der Waals surface area contributed by atoms with Gasteiger partial charge in [0.1, 0.15) is 0 Å². The molecule has 1 aromatic rings. The van der Waals surface area contributed by atoms with Crippen molar-refractivity contribution in [3.05, 3.63) is 18.3 Å². The first-order valence-corrected chi connectivity index (χ1v) is 8.83. The van der Waals surface area contributed by atoms with Gasteiger partial charge in [0, 0.05) is 18.8 Å². The molecular formula is C18H25N3O3. The lowest BCUT2D eigenvalue weighted by Crippen LogP contribution is -2.63. The van der Waals surface area contributed by atoms with Crippen LogP contribution in [-0.4, -0.2) is 35.0 Å². The number of carbonyl (C=O) groups excluding carboxylic acids is 2. The summed E-state index contributed by atoms with van der Waals surface area (Å²) in [6.45, 7) is 3.86. The molecule has 0 bridgehead atoms. The fourth-order valence-corrected chi connectivity index (χ4v) is 3.47. The van der Waals surface area contributed by atoms with Crippen LogP contribution in [0.15, 0.2) is 18.3 Å². The Morgan fingerprint density at radius 2 is 2.08 bits per heavy atom. The lowest BCUT2D eigenvalue weighted by Gasteiger charge is -2.38. The first-order valence-electron chi connectivity index (χ1n) is 8.83. The van der Waals surface area contributed by atoms with Gasteiger partial charge in [-0.2, -0.15) is 0 Å². The summed E-state index contributed by atoms with van der Waals surface area (Å²) < 4.78 is 5.83. The summed E-state index contributed by atoms with van der Waals surface area (Å²) in [4.78, 5) is 31.5. The molecule has 1 fully saturated rings. The maximum atomic E-state index is 12.9. The average Bonchev–Trinajstić information content (AvgIpc) is 2.85. The third-order valence-electron chi connectivity index (χ3n) is 4.91. The molecule has 1 aromatic heterocycles. The molecule has 24 heavy (non-hydrogen) atoms. The number of amides is 2. The van der Waals surface area contributed by atoms with E-state index in [9.17, 15) is 9.59 Å². The van der Waals surface area contributed by atoms with Crippen LogP contribution in [-0.2, 0) is 9.59 Å². The van der Waals surface area contributed by atoms with Crippen LogP contribution in [0.4, 0.5) is 5.82 Å². The van der Waals surface area contributed by atoms with E-state index in [-0.39, 0.29) is 17.9 Å². The lowest BCUT2D eigenvalue weighted by molar-refractivity contribution is -0.149. The van der Waals surface area contributed by atoms with Gasteiger partial charge in [0.2, 0.25) is 0 Å². The van der Waals surface area contributed by atoms with E-state index in [1.165, 1.54) is 17.7 Å². The summed E-state index contributed by atoms with van der Waals surface area (Å²) in [5, 5.41) is 3.04. The predicted octanol–water partition coefficient (Wildman–Crippen LogP) is 2.42. The first-order chi connectivity index (χ1) is 11.6. The van der Waals surface area contributed by atoms with Crippen LogP contribution in [0, 0.1) is 0 Å². The number of pyridine rings is 1. The Morgan fingerprint density at radius 1 is 1.38 bits per heavy atom. The quantitative estimate of drug-likeness (QED) is 0.682. The van der Waals surface area contributed by atoms with Crippen LogP contribution in [0.2, 0.25) is 0 Å². The number of rotatable bonds is 3. The second-order valence-corrected chi connectivity index (χ2v) is 6.67. The molecule has 1 atom stereocenters. The van der Waals surface area contributed by atoms with Gasteiger partial charge in [0.15, 0.2) is 11.6 Å². The second-order valence-electron chi connectivity index (χ2n) is 6.67. The van der Waals surface area contributed by atoms with Crippen molar-refractivity contribution in [3.63, 3.8) is 0 Å². The second kappa shape index (κ2) is 6.79. The van der Waals surface area contributed by atoms with Crippen LogP contribution in [0.3, 0.4) is 0 Å². The molecule has 2 heterocycles. The molecule has 1 aliphatic heterocycles. The predicted molar refractivity (Wildman–Crippen MR) is 90.9 cm³/mol. The fourth-order valence-electron chi connectivity index (χ4n) is 3.47. The minimum Gasteiger partial charge on any atom is -0.464 e. The molecule has 6 heteroatoms. The molecule has 1 N–H and O–H groups in total. The van der Waals surface area contributed by atoms with Crippen molar-refractivity contribution in [1.29, 1.82) is 0 Å². The van der Waals surface area contributed by atoms with Crippen molar-refractivity contribution in [2.45, 2.75) is 64.0 Å². The number of fused-ring (bicyclic) bond motifs is 1. The molecule has 2 aliphatic rings. The largest absolute Gasteiger partial charge is 0.464 e. The Bertz CT molecular complexity index is 626. The maximum absolute atomic E-state index is 12.9. The summed E-state index contributed by atoms with van der Waals surface area (Å²) >= 11 is 0. The molecular weight excluding hydrogens is 306 g/mol. The Hall–Kier alpha value is -2.11. The molecule has 0 aromatic carbocycles. The molecule has 1 aliphatic carbocycles. The highest BCUT2D eigenvalue weighted by molar-refractivity contribution is 6.16. The van der Waals surface area contributed by atoms with Crippen molar-refractivity contribution in [1.82, 2.24) is 10.3 Å². The molecule has 1 saturated carbocycles. The number of anilines is 1. The molecule has 0 saturated heterocycles. The van der Waals surface area contributed by atoms with Gasteiger partial charge in [-0.25, -0.2) is 4.98 Å². The van der Waals surface area contributed by atoms with E-state index in [2.05, 4.69) is 10.3 Å². The van der Waals surface area contributed by atoms with E-state index in [1.807, 2.05) is 6.92 Å². The number of nitrogens with one attached hydrogen (secondary N) is 1.